The van der Waals surface area contributed by atoms with Crippen molar-refractivity contribution in [1.29, 1.82) is 0 Å². The van der Waals surface area contributed by atoms with Crippen molar-refractivity contribution in [2.24, 2.45) is 5.92 Å². The fourth-order valence-corrected chi connectivity index (χ4v) is 2.74. The molecule has 0 aromatic rings. The lowest BCUT2D eigenvalue weighted by molar-refractivity contribution is 0.0718. The number of nitrogens with one attached hydrogen (secondary N) is 1. The maximum atomic E-state index is 5.46. The first-order valence-corrected chi connectivity index (χ1v) is 5.58. The number of hydrogen-bond donors (Lipinski definition) is 1. The summed E-state index contributed by atoms with van der Waals surface area (Å²) in [5.41, 5.74) is 0. The topological polar surface area (TPSA) is 21.3 Å². The second-order valence-corrected chi connectivity index (χ2v) is 4.75. The van der Waals surface area contributed by atoms with Gasteiger partial charge < -0.3 is 10.1 Å². The number of rotatable bonds is 3. The number of ether oxygens (including phenoxy) is 1. The van der Waals surface area contributed by atoms with E-state index in [4.69, 9.17) is 4.74 Å². The summed E-state index contributed by atoms with van der Waals surface area (Å²) < 4.78 is 5.46. The standard InChI is InChI=1S/C11H21NO/c1-8-6-9(7-8)12-10-4-3-5-11(10)13-2/h8-12H,3-7H2,1-2H3. The average Bonchev–Trinajstić information content (AvgIpc) is 2.49. The molecule has 0 aromatic heterocycles. The first-order chi connectivity index (χ1) is 6.29. The van der Waals surface area contributed by atoms with Gasteiger partial charge in [-0.2, -0.15) is 0 Å². The Morgan fingerprint density at radius 2 is 2.00 bits per heavy atom. The van der Waals surface area contributed by atoms with Crippen LogP contribution in [0, 0.1) is 5.92 Å². The van der Waals surface area contributed by atoms with Gasteiger partial charge in [0.1, 0.15) is 0 Å². The third-order valence-corrected chi connectivity index (χ3v) is 3.58. The second-order valence-electron chi connectivity index (χ2n) is 4.75. The highest BCUT2D eigenvalue weighted by molar-refractivity contribution is 4.91. The Balaban J connectivity index is 1.74. The van der Waals surface area contributed by atoms with Crippen LogP contribution in [0.5, 0.6) is 0 Å². The molecule has 0 radical (unpaired) electrons. The summed E-state index contributed by atoms with van der Waals surface area (Å²) in [5, 5.41) is 3.72. The maximum Gasteiger partial charge on any atom is 0.0724 e. The van der Waals surface area contributed by atoms with Gasteiger partial charge >= 0.3 is 0 Å². The van der Waals surface area contributed by atoms with E-state index in [-0.39, 0.29) is 0 Å². The quantitative estimate of drug-likeness (QED) is 0.722. The molecule has 0 aromatic carbocycles. The van der Waals surface area contributed by atoms with Gasteiger partial charge in [0.2, 0.25) is 0 Å². The molecule has 2 nitrogen and oxygen atoms in total. The molecule has 0 bridgehead atoms. The highest BCUT2D eigenvalue weighted by atomic mass is 16.5. The molecule has 0 heterocycles. The van der Waals surface area contributed by atoms with Gasteiger partial charge in [-0.05, 0) is 38.0 Å². The Morgan fingerprint density at radius 1 is 1.23 bits per heavy atom. The van der Waals surface area contributed by atoms with Crippen molar-refractivity contribution in [2.75, 3.05) is 7.11 Å². The van der Waals surface area contributed by atoms with Crippen LogP contribution in [-0.2, 0) is 4.74 Å². The zero-order chi connectivity index (χ0) is 9.26. The molecule has 76 valence electrons. The fourth-order valence-electron chi connectivity index (χ4n) is 2.74. The molecule has 0 saturated heterocycles. The van der Waals surface area contributed by atoms with E-state index in [0.717, 1.165) is 12.0 Å². The zero-order valence-electron chi connectivity index (χ0n) is 8.75. The summed E-state index contributed by atoms with van der Waals surface area (Å²) in [7, 11) is 1.84. The molecule has 2 unspecified atom stereocenters. The largest absolute Gasteiger partial charge is 0.380 e. The minimum Gasteiger partial charge on any atom is -0.380 e. The van der Waals surface area contributed by atoms with Crippen LogP contribution in [0.4, 0.5) is 0 Å². The summed E-state index contributed by atoms with van der Waals surface area (Å²) in [4.78, 5) is 0. The lowest BCUT2D eigenvalue weighted by Crippen LogP contribution is -2.48. The molecule has 2 rings (SSSR count). The van der Waals surface area contributed by atoms with Gasteiger partial charge in [0.25, 0.3) is 0 Å². The molecule has 1 N–H and O–H groups in total. The van der Waals surface area contributed by atoms with Crippen LogP contribution in [0.25, 0.3) is 0 Å². The predicted molar refractivity (Wildman–Crippen MR) is 53.8 cm³/mol. The summed E-state index contributed by atoms with van der Waals surface area (Å²) >= 11 is 0. The van der Waals surface area contributed by atoms with Crippen molar-refractivity contribution < 1.29 is 4.74 Å². The lowest BCUT2D eigenvalue weighted by Gasteiger charge is -2.36. The lowest BCUT2D eigenvalue weighted by atomic mass is 9.81. The monoisotopic (exact) mass is 183 g/mol. The van der Waals surface area contributed by atoms with Crippen LogP contribution < -0.4 is 5.32 Å². The van der Waals surface area contributed by atoms with Gasteiger partial charge in [-0.1, -0.05) is 6.92 Å². The van der Waals surface area contributed by atoms with E-state index in [2.05, 4.69) is 12.2 Å². The van der Waals surface area contributed by atoms with Crippen LogP contribution in [-0.4, -0.2) is 25.3 Å². The van der Waals surface area contributed by atoms with Gasteiger partial charge in [0, 0.05) is 19.2 Å². The van der Waals surface area contributed by atoms with Crippen LogP contribution in [0.2, 0.25) is 0 Å². The van der Waals surface area contributed by atoms with E-state index in [9.17, 15) is 0 Å². The minimum atomic E-state index is 0.482. The molecule has 13 heavy (non-hydrogen) atoms. The van der Waals surface area contributed by atoms with Gasteiger partial charge in [-0.3, -0.25) is 0 Å². The molecule has 0 aliphatic heterocycles. The Labute approximate surface area is 81.0 Å². The fraction of sp³-hybridized carbons (Fsp3) is 1.00. The van der Waals surface area contributed by atoms with Crippen molar-refractivity contribution in [1.82, 2.24) is 5.32 Å². The Kier molecular flexibility index (Phi) is 2.89. The molecule has 2 fully saturated rings. The first kappa shape index (κ1) is 9.47. The average molecular weight is 183 g/mol. The molecule has 0 spiro atoms. The number of hydrogen-bond acceptors (Lipinski definition) is 2. The van der Waals surface area contributed by atoms with E-state index >= 15 is 0 Å². The molecule has 2 aliphatic carbocycles. The molecular weight excluding hydrogens is 162 g/mol. The van der Waals surface area contributed by atoms with E-state index in [1.165, 1.54) is 32.1 Å². The molecular formula is C11H21NO. The van der Waals surface area contributed by atoms with Crippen molar-refractivity contribution in [3.05, 3.63) is 0 Å². The van der Waals surface area contributed by atoms with Gasteiger partial charge in [-0.25, -0.2) is 0 Å². The molecule has 2 aliphatic rings. The van der Waals surface area contributed by atoms with E-state index in [1.807, 2.05) is 7.11 Å². The highest BCUT2D eigenvalue weighted by Crippen LogP contribution is 2.29. The van der Waals surface area contributed by atoms with Crippen LogP contribution in [0.1, 0.15) is 39.0 Å². The SMILES string of the molecule is COC1CCCC1NC1CC(C)C1. The summed E-state index contributed by atoms with van der Waals surface area (Å²) in [5.74, 6) is 0.944. The van der Waals surface area contributed by atoms with Crippen LogP contribution in [0.15, 0.2) is 0 Å². The Hall–Kier alpha value is -0.0800. The molecule has 0 amide bonds. The van der Waals surface area contributed by atoms with Crippen molar-refractivity contribution in [3.63, 3.8) is 0 Å². The van der Waals surface area contributed by atoms with Gasteiger partial charge in [0.05, 0.1) is 6.10 Å². The Morgan fingerprint density at radius 3 is 2.62 bits per heavy atom. The summed E-state index contributed by atoms with van der Waals surface area (Å²) in [6.07, 6.45) is 7.11. The van der Waals surface area contributed by atoms with Crippen LogP contribution in [0.3, 0.4) is 0 Å². The first-order valence-electron chi connectivity index (χ1n) is 5.58. The normalized spacial score (nSPS) is 44.8. The number of methoxy groups -OCH3 is 1. The predicted octanol–water partition coefficient (Wildman–Crippen LogP) is 1.94. The maximum absolute atomic E-state index is 5.46. The third kappa shape index (κ3) is 2.05. The van der Waals surface area contributed by atoms with Crippen LogP contribution >= 0.6 is 0 Å². The zero-order valence-corrected chi connectivity index (χ0v) is 8.75. The molecule has 2 heteroatoms. The highest BCUT2D eigenvalue weighted by Gasteiger charge is 2.32. The minimum absolute atomic E-state index is 0.482. The second kappa shape index (κ2) is 3.97. The molecule has 2 saturated carbocycles. The van der Waals surface area contributed by atoms with E-state index < -0.39 is 0 Å². The molecule has 2 atom stereocenters. The van der Waals surface area contributed by atoms with Crippen molar-refractivity contribution in [3.8, 4) is 0 Å². The van der Waals surface area contributed by atoms with E-state index in [1.54, 1.807) is 0 Å². The third-order valence-electron chi connectivity index (χ3n) is 3.58. The summed E-state index contributed by atoms with van der Waals surface area (Å²) in [6.45, 7) is 2.33. The van der Waals surface area contributed by atoms with Crippen molar-refractivity contribution in [2.45, 2.75) is 57.2 Å². The van der Waals surface area contributed by atoms with Gasteiger partial charge in [0.15, 0.2) is 0 Å². The summed E-state index contributed by atoms with van der Waals surface area (Å²) in [6, 6.07) is 1.43. The van der Waals surface area contributed by atoms with Crippen molar-refractivity contribution >= 4 is 0 Å². The smallest absolute Gasteiger partial charge is 0.0724 e. The van der Waals surface area contributed by atoms with Gasteiger partial charge in [-0.15, -0.1) is 0 Å². The van der Waals surface area contributed by atoms with E-state index in [0.29, 0.717) is 12.1 Å². The Bertz CT molecular complexity index is 165.